The van der Waals surface area contributed by atoms with Crippen molar-refractivity contribution in [3.63, 3.8) is 0 Å². The second-order valence-electron chi connectivity index (χ2n) is 4.31. The summed E-state index contributed by atoms with van der Waals surface area (Å²) < 4.78 is 21.1. The van der Waals surface area contributed by atoms with E-state index in [1.165, 1.54) is 0 Å². The lowest BCUT2D eigenvalue weighted by atomic mass is 10.1. The summed E-state index contributed by atoms with van der Waals surface area (Å²) in [6, 6.07) is 0. The van der Waals surface area contributed by atoms with Gasteiger partial charge in [-0.05, 0) is 6.42 Å². The van der Waals surface area contributed by atoms with Gasteiger partial charge in [-0.15, -0.1) is 0 Å². The third-order valence-electron chi connectivity index (χ3n) is 2.70. The van der Waals surface area contributed by atoms with E-state index >= 15 is 0 Å². The third kappa shape index (κ3) is 4.07. The van der Waals surface area contributed by atoms with Gasteiger partial charge in [-0.3, -0.25) is 0 Å². The van der Waals surface area contributed by atoms with Crippen LogP contribution < -0.4 is 0 Å². The van der Waals surface area contributed by atoms with Gasteiger partial charge in [-0.2, -0.15) is 0 Å². The lowest BCUT2D eigenvalue weighted by molar-refractivity contribution is -0.0808. The summed E-state index contributed by atoms with van der Waals surface area (Å²) in [7, 11) is 0. The molecule has 88 valence electrons. The number of ether oxygens (including phenoxy) is 4. The maximum Gasteiger partial charge on any atom is 0.0538 e. The zero-order chi connectivity index (χ0) is 10.3. The van der Waals surface area contributed by atoms with Crippen LogP contribution in [0.5, 0.6) is 0 Å². The van der Waals surface area contributed by atoms with Crippen molar-refractivity contribution >= 4 is 0 Å². The van der Waals surface area contributed by atoms with Crippen LogP contribution in [-0.4, -0.2) is 52.9 Å². The summed E-state index contributed by atoms with van der Waals surface area (Å²) in [5.74, 6) is 1.27. The third-order valence-corrected chi connectivity index (χ3v) is 2.70. The Kier molecular flexibility index (Phi) is 4.86. The first-order valence-electron chi connectivity index (χ1n) is 5.76. The Labute approximate surface area is 90.8 Å². The minimum atomic E-state index is 0.637. The van der Waals surface area contributed by atoms with E-state index in [-0.39, 0.29) is 0 Å². The summed E-state index contributed by atoms with van der Waals surface area (Å²) in [4.78, 5) is 0. The van der Waals surface area contributed by atoms with Crippen molar-refractivity contribution < 1.29 is 18.9 Å². The molecule has 2 rings (SSSR count). The van der Waals surface area contributed by atoms with Crippen LogP contribution in [0.25, 0.3) is 0 Å². The molecule has 2 fully saturated rings. The van der Waals surface area contributed by atoms with Gasteiger partial charge < -0.3 is 18.9 Å². The summed E-state index contributed by atoms with van der Waals surface area (Å²) in [5.41, 5.74) is 0. The molecular formula is C11H20O4. The number of hydrogen-bond acceptors (Lipinski definition) is 4. The smallest absolute Gasteiger partial charge is 0.0538 e. The Morgan fingerprint density at radius 2 is 1.27 bits per heavy atom. The minimum Gasteiger partial charge on any atom is -0.381 e. The van der Waals surface area contributed by atoms with Gasteiger partial charge in [0, 0.05) is 25.0 Å². The highest BCUT2D eigenvalue weighted by atomic mass is 16.5. The molecular weight excluding hydrogens is 196 g/mol. The molecule has 0 spiro atoms. The predicted octanol–water partition coefficient (Wildman–Crippen LogP) is 0.702. The first kappa shape index (κ1) is 11.3. The highest BCUT2D eigenvalue weighted by molar-refractivity contribution is 4.64. The highest BCUT2D eigenvalue weighted by Gasteiger charge is 2.18. The fraction of sp³-hybridized carbons (Fsp3) is 1.00. The quantitative estimate of drug-likeness (QED) is 0.560. The maximum absolute atomic E-state index is 5.50. The van der Waals surface area contributed by atoms with Crippen LogP contribution in [0.4, 0.5) is 0 Å². The second kappa shape index (κ2) is 6.43. The lowest BCUT2D eigenvalue weighted by Crippen LogP contribution is -2.32. The van der Waals surface area contributed by atoms with Gasteiger partial charge in [0.25, 0.3) is 0 Å². The fourth-order valence-corrected chi connectivity index (χ4v) is 1.52. The molecule has 0 saturated carbocycles. The molecule has 2 aliphatic heterocycles. The zero-order valence-electron chi connectivity index (χ0n) is 9.15. The lowest BCUT2D eigenvalue weighted by Gasteiger charge is -2.26. The van der Waals surface area contributed by atoms with Gasteiger partial charge >= 0.3 is 0 Å². The Bertz CT molecular complexity index is 148. The fourth-order valence-electron chi connectivity index (χ4n) is 1.52. The summed E-state index contributed by atoms with van der Waals surface area (Å²) in [6.07, 6.45) is 0.987. The van der Waals surface area contributed by atoms with Crippen LogP contribution in [0.2, 0.25) is 0 Å². The zero-order valence-corrected chi connectivity index (χ0v) is 9.15. The number of rotatable bonds is 8. The van der Waals surface area contributed by atoms with Gasteiger partial charge in [0.05, 0.1) is 39.6 Å². The average molecular weight is 216 g/mol. The molecule has 2 saturated heterocycles. The van der Waals surface area contributed by atoms with Crippen LogP contribution in [0, 0.1) is 11.8 Å². The normalized spacial score (nSPS) is 22.4. The van der Waals surface area contributed by atoms with Crippen LogP contribution in [0.15, 0.2) is 0 Å². The van der Waals surface area contributed by atoms with Gasteiger partial charge in [-0.25, -0.2) is 0 Å². The van der Waals surface area contributed by atoms with Gasteiger partial charge in [0.1, 0.15) is 0 Å². The van der Waals surface area contributed by atoms with Crippen LogP contribution in [0.3, 0.4) is 0 Å². The first-order chi connectivity index (χ1) is 7.45. The van der Waals surface area contributed by atoms with E-state index in [1.54, 1.807) is 0 Å². The molecule has 0 aromatic rings. The minimum absolute atomic E-state index is 0.637. The molecule has 0 aromatic carbocycles. The van der Waals surface area contributed by atoms with Crippen molar-refractivity contribution in [2.24, 2.45) is 11.8 Å². The molecule has 4 heteroatoms. The average Bonchev–Trinajstić information content (AvgIpc) is 2.09. The molecule has 4 nitrogen and oxygen atoms in total. The van der Waals surface area contributed by atoms with E-state index in [4.69, 9.17) is 18.9 Å². The van der Waals surface area contributed by atoms with Crippen molar-refractivity contribution in [3.05, 3.63) is 0 Å². The van der Waals surface area contributed by atoms with Crippen molar-refractivity contribution in [2.75, 3.05) is 52.9 Å². The first-order valence-corrected chi connectivity index (χ1v) is 5.76. The van der Waals surface area contributed by atoms with Crippen molar-refractivity contribution in [2.45, 2.75) is 6.42 Å². The van der Waals surface area contributed by atoms with Crippen molar-refractivity contribution in [1.82, 2.24) is 0 Å². The monoisotopic (exact) mass is 216 g/mol. The molecule has 0 unspecified atom stereocenters. The highest BCUT2D eigenvalue weighted by Crippen LogP contribution is 2.10. The largest absolute Gasteiger partial charge is 0.381 e. The molecule has 0 amide bonds. The van der Waals surface area contributed by atoms with E-state index in [0.29, 0.717) is 11.8 Å². The Balaban J connectivity index is 1.29. The van der Waals surface area contributed by atoms with E-state index < -0.39 is 0 Å². The second-order valence-corrected chi connectivity index (χ2v) is 4.31. The van der Waals surface area contributed by atoms with Crippen molar-refractivity contribution in [3.8, 4) is 0 Å². The van der Waals surface area contributed by atoms with Crippen LogP contribution >= 0.6 is 0 Å². The van der Waals surface area contributed by atoms with Crippen LogP contribution in [0.1, 0.15) is 6.42 Å². The van der Waals surface area contributed by atoms with E-state index in [2.05, 4.69) is 0 Å². The van der Waals surface area contributed by atoms with E-state index in [9.17, 15) is 0 Å². The molecule has 0 atom stereocenters. The van der Waals surface area contributed by atoms with E-state index in [0.717, 1.165) is 59.3 Å². The Hall–Kier alpha value is -0.160. The molecule has 0 aromatic heterocycles. The van der Waals surface area contributed by atoms with Crippen molar-refractivity contribution in [1.29, 1.82) is 0 Å². The SMILES string of the molecule is C(COCC1COC1)COCC1COC1. The summed E-state index contributed by atoms with van der Waals surface area (Å²) >= 11 is 0. The Morgan fingerprint density at radius 3 is 1.60 bits per heavy atom. The van der Waals surface area contributed by atoms with Gasteiger partial charge in [-0.1, -0.05) is 0 Å². The van der Waals surface area contributed by atoms with Gasteiger partial charge in [0.2, 0.25) is 0 Å². The topological polar surface area (TPSA) is 36.9 Å². The Morgan fingerprint density at radius 1 is 0.800 bits per heavy atom. The van der Waals surface area contributed by atoms with Gasteiger partial charge in [0.15, 0.2) is 0 Å². The molecule has 2 aliphatic rings. The van der Waals surface area contributed by atoms with Crippen LogP contribution in [-0.2, 0) is 18.9 Å². The molecule has 0 aliphatic carbocycles. The molecule has 0 N–H and O–H groups in total. The molecule has 15 heavy (non-hydrogen) atoms. The summed E-state index contributed by atoms with van der Waals surface area (Å²) in [5, 5.41) is 0. The maximum atomic E-state index is 5.50. The molecule has 0 radical (unpaired) electrons. The molecule has 2 heterocycles. The molecule has 0 bridgehead atoms. The van der Waals surface area contributed by atoms with E-state index in [1.807, 2.05) is 0 Å². The number of hydrogen-bond donors (Lipinski definition) is 0. The standard InChI is InChI=1S/C11H20O4/c1(2-12-4-10-6-14-7-10)3-13-5-11-8-15-9-11/h10-11H,1-9H2. The summed E-state index contributed by atoms with van der Waals surface area (Å²) in [6.45, 7) is 6.79. The predicted molar refractivity (Wildman–Crippen MR) is 54.9 cm³/mol.